The summed E-state index contributed by atoms with van der Waals surface area (Å²) in [5.41, 5.74) is 0.954. The van der Waals surface area contributed by atoms with Gasteiger partial charge in [0.25, 0.3) is 0 Å². The molecule has 0 aliphatic heterocycles. The van der Waals surface area contributed by atoms with Gasteiger partial charge in [-0.2, -0.15) is 0 Å². The molecule has 0 fully saturated rings. The highest BCUT2D eigenvalue weighted by atomic mass is 32.1. The van der Waals surface area contributed by atoms with Crippen LogP contribution in [0.5, 0.6) is 0 Å². The monoisotopic (exact) mass is 194 g/mol. The molecule has 0 aromatic carbocycles. The van der Waals surface area contributed by atoms with Gasteiger partial charge in [-0.15, -0.1) is 11.3 Å². The number of carbonyl (C=O) groups excluding carboxylic acids is 1. The van der Waals surface area contributed by atoms with Gasteiger partial charge in [-0.05, 0) is 22.9 Å². The van der Waals surface area contributed by atoms with Gasteiger partial charge in [0.1, 0.15) is 0 Å². The first kappa shape index (κ1) is 10.2. The number of hydrogen-bond acceptors (Lipinski definition) is 2. The normalized spacial score (nSPS) is 12.2. The third kappa shape index (κ3) is 3.15. The highest BCUT2D eigenvalue weighted by Crippen LogP contribution is 2.21. The molecule has 0 aliphatic rings. The highest BCUT2D eigenvalue weighted by molar-refractivity contribution is 7.11. The lowest BCUT2D eigenvalue weighted by Gasteiger charge is -2.10. The lowest BCUT2D eigenvalue weighted by atomic mass is 9.96. The molecule has 0 saturated carbocycles. The predicted octanol–water partition coefficient (Wildman–Crippen LogP) is 3.62. The summed E-state index contributed by atoms with van der Waals surface area (Å²) in [6.07, 6.45) is 5.04. The van der Waals surface area contributed by atoms with Crippen molar-refractivity contribution < 1.29 is 4.79 Å². The third-order valence-electron chi connectivity index (χ3n) is 1.59. The molecular formula is C11H14OS. The van der Waals surface area contributed by atoms with Crippen molar-refractivity contribution in [2.75, 3.05) is 0 Å². The smallest absolute Gasteiger partial charge is 0.151 e. The zero-order chi connectivity index (χ0) is 9.90. The van der Waals surface area contributed by atoms with Crippen molar-refractivity contribution in [3.05, 3.63) is 28.0 Å². The quantitative estimate of drug-likeness (QED) is 0.657. The van der Waals surface area contributed by atoms with E-state index >= 15 is 0 Å². The van der Waals surface area contributed by atoms with E-state index in [0.29, 0.717) is 0 Å². The molecule has 0 radical (unpaired) electrons. The highest BCUT2D eigenvalue weighted by Gasteiger charge is 2.05. The molecule has 0 atom stereocenters. The maximum Gasteiger partial charge on any atom is 0.151 e. The molecule has 1 aromatic heterocycles. The van der Waals surface area contributed by atoms with E-state index in [4.69, 9.17) is 0 Å². The molecular weight excluding hydrogens is 180 g/mol. The van der Waals surface area contributed by atoms with E-state index in [9.17, 15) is 4.79 Å². The molecule has 1 aromatic rings. The topological polar surface area (TPSA) is 17.1 Å². The van der Waals surface area contributed by atoms with Crippen molar-refractivity contribution in [2.24, 2.45) is 5.41 Å². The lowest BCUT2D eigenvalue weighted by Crippen LogP contribution is -1.97. The van der Waals surface area contributed by atoms with Gasteiger partial charge in [0.15, 0.2) is 6.29 Å². The fraction of sp³-hybridized carbons (Fsp3) is 0.364. The summed E-state index contributed by atoms with van der Waals surface area (Å²) in [5.74, 6) is 0. The Labute approximate surface area is 83.1 Å². The van der Waals surface area contributed by atoms with Gasteiger partial charge < -0.3 is 0 Å². The predicted molar refractivity (Wildman–Crippen MR) is 58.2 cm³/mol. The summed E-state index contributed by atoms with van der Waals surface area (Å²) in [6.45, 7) is 6.41. The molecule has 1 heterocycles. The van der Waals surface area contributed by atoms with Crippen LogP contribution < -0.4 is 0 Å². The second-order valence-corrected chi connectivity index (χ2v) is 5.01. The first-order valence-electron chi connectivity index (χ1n) is 4.25. The van der Waals surface area contributed by atoms with Crippen molar-refractivity contribution in [2.45, 2.75) is 20.8 Å². The Balaban J connectivity index is 2.85. The summed E-state index contributed by atoms with van der Waals surface area (Å²) in [5, 5.41) is 1.94. The molecule has 13 heavy (non-hydrogen) atoms. The summed E-state index contributed by atoms with van der Waals surface area (Å²) in [6, 6.07) is 1.85. The Kier molecular flexibility index (Phi) is 3.04. The van der Waals surface area contributed by atoms with Gasteiger partial charge in [-0.25, -0.2) is 0 Å². The molecule has 0 bridgehead atoms. The Hall–Kier alpha value is -0.890. The summed E-state index contributed by atoms with van der Waals surface area (Å²) >= 11 is 1.60. The fourth-order valence-electron chi connectivity index (χ4n) is 0.889. The maximum absolute atomic E-state index is 10.6. The van der Waals surface area contributed by atoms with Crippen LogP contribution in [0.1, 0.15) is 36.0 Å². The Morgan fingerprint density at radius 2 is 2.08 bits per heavy atom. The zero-order valence-electron chi connectivity index (χ0n) is 8.20. The van der Waals surface area contributed by atoms with Crippen LogP contribution in [0.2, 0.25) is 0 Å². The second-order valence-electron chi connectivity index (χ2n) is 4.06. The average molecular weight is 194 g/mol. The molecule has 0 amide bonds. The van der Waals surface area contributed by atoms with E-state index in [-0.39, 0.29) is 5.41 Å². The van der Waals surface area contributed by atoms with Crippen LogP contribution in [0.25, 0.3) is 6.08 Å². The van der Waals surface area contributed by atoms with E-state index in [1.54, 1.807) is 11.3 Å². The van der Waals surface area contributed by atoms with Crippen LogP contribution in [-0.4, -0.2) is 6.29 Å². The molecule has 2 heteroatoms. The number of carbonyl (C=O) groups is 1. The summed E-state index contributed by atoms with van der Waals surface area (Å²) < 4.78 is 0. The van der Waals surface area contributed by atoms with Crippen LogP contribution in [0.3, 0.4) is 0 Å². The van der Waals surface area contributed by atoms with Gasteiger partial charge in [0, 0.05) is 10.4 Å². The van der Waals surface area contributed by atoms with E-state index in [1.807, 2.05) is 17.5 Å². The molecule has 0 N–H and O–H groups in total. The molecule has 0 unspecified atom stereocenters. The van der Waals surface area contributed by atoms with Gasteiger partial charge in [-0.3, -0.25) is 4.79 Å². The van der Waals surface area contributed by atoms with Gasteiger partial charge in [0.2, 0.25) is 0 Å². The number of thiophene rings is 1. The number of allylic oxidation sites excluding steroid dienone is 1. The van der Waals surface area contributed by atoms with Crippen LogP contribution in [-0.2, 0) is 0 Å². The van der Waals surface area contributed by atoms with E-state index < -0.39 is 0 Å². The minimum Gasteiger partial charge on any atom is -0.298 e. The molecule has 70 valence electrons. The number of hydrogen-bond donors (Lipinski definition) is 0. The molecule has 1 rings (SSSR count). The van der Waals surface area contributed by atoms with Crippen LogP contribution in [0.15, 0.2) is 17.5 Å². The minimum atomic E-state index is 0.171. The van der Waals surface area contributed by atoms with Crippen molar-refractivity contribution in [3.8, 4) is 0 Å². The zero-order valence-corrected chi connectivity index (χ0v) is 9.02. The van der Waals surface area contributed by atoms with Crippen molar-refractivity contribution >= 4 is 23.7 Å². The van der Waals surface area contributed by atoms with E-state index in [1.165, 1.54) is 0 Å². The maximum atomic E-state index is 10.6. The minimum absolute atomic E-state index is 0.171. The van der Waals surface area contributed by atoms with Crippen molar-refractivity contribution in [1.29, 1.82) is 0 Å². The standard InChI is InChI=1S/C11H14OS/c1-11(2,3)6-4-10-9(8-12)5-7-13-10/h4-8H,1-3H3/b6-4+. The van der Waals surface area contributed by atoms with Gasteiger partial charge in [-0.1, -0.05) is 26.8 Å². The largest absolute Gasteiger partial charge is 0.298 e. The van der Waals surface area contributed by atoms with Crippen LogP contribution in [0, 0.1) is 5.41 Å². The molecule has 0 aliphatic carbocycles. The second kappa shape index (κ2) is 3.88. The Morgan fingerprint density at radius 1 is 1.38 bits per heavy atom. The van der Waals surface area contributed by atoms with Crippen molar-refractivity contribution in [1.82, 2.24) is 0 Å². The first-order chi connectivity index (χ1) is 6.03. The Bertz CT molecular complexity index is 315. The molecule has 1 nitrogen and oxygen atoms in total. The first-order valence-corrected chi connectivity index (χ1v) is 5.13. The van der Waals surface area contributed by atoms with E-state index in [0.717, 1.165) is 16.7 Å². The SMILES string of the molecule is CC(C)(C)/C=C/c1sccc1C=O. The van der Waals surface area contributed by atoms with E-state index in [2.05, 4.69) is 26.8 Å². The van der Waals surface area contributed by atoms with Crippen LogP contribution >= 0.6 is 11.3 Å². The van der Waals surface area contributed by atoms with Gasteiger partial charge >= 0.3 is 0 Å². The fourth-order valence-corrected chi connectivity index (χ4v) is 1.65. The average Bonchev–Trinajstić information content (AvgIpc) is 2.46. The van der Waals surface area contributed by atoms with Gasteiger partial charge in [0.05, 0.1) is 0 Å². The lowest BCUT2D eigenvalue weighted by molar-refractivity contribution is 0.112. The van der Waals surface area contributed by atoms with Crippen LogP contribution in [0.4, 0.5) is 0 Å². The molecule has 0 spiro atoms. The Morgan fingerprint density at radius 3 is 2.62 bits per heavy atom. The van der Waals surface area contributed by atoms with Crippen molar-refractivity contribution in [3.63, 3.8) is 0 Å². The third-order valence-corrected chi connectivity index (χ3v) is 2.49. The number of aldehydes is 1. The summed E-state index contributed by atoms with van der Waals surface area (Å²) in [4.78, 5) is 11.6. The molecule has 0 saturated heterocycles. The number of rotatable bonds is 2. The summed E-state index contributed by atoms with van der Waals surface area (Å²) in [7, 11) is 0.